The fraction of sp³-hybridized carbons (Fsp3) is 0.167. The van der Waals surface area contributed by atoms with E-state index in [9.17, 15) is 5.11 Å². The van der Waals surface area contributed by atoms with Crippen molar-refractivity contribution in [2.75, 3.05) is 5.32 Å². The molecule has 0 spiro atoms. The molecule has 0 bridgehead atoms. The van der Waals surface area contributed by atoms with E-state index in [2.05, 4.69) is 15.5 Å². The molecule has 0 saturated heterocycles. The zero-order valence-corrected chi connectivity index (χ0v) is 16.2. The fourth-order valence-corrected chi connectivity index (χ4v) is 2.93. The largest absolute Gasteiger partial charge is 0.418 e. The third-order valence-corrected chi connectivity index (χ3v) is 4.93. The van der Waals surface area contributed by atoms with Crippen LogP contribution in [0.25, 0.3) is 11.5 Å². The normalized spacial score (nSPS) is 13.0. The molecule has 0 aliphatic heterocycles. The van der Waals surface area contributed by atoms with Crippen molar-refractivity contribution >= 4 is 40.5 Å². The number of hydrogen-bond acceptors (Lipinski definition) is 6. The van der Waals surface area contributed by atoms with Gasteiger partial charge in [-0.3, -0.25) is 0 Å². The molecule has 0 aliphatic carbocycles. The number of halogens is 3. The first-order valence-corrected chi connectivity index (χ1v) is 8.96. The number of aliphatic hydroxyl groups is 1. The average Bonchev–Trinajstić information content (AvgIpc) is 3.13. The SMILES string of the molecule is C[C@H](O)C(Nc1ccc(C#N)c(Cl)c1Cl)c1nnc(-c2ccc(Cl)cc2)o1. The summed E-state index contributed by atoms with van der Waals surface area (Å²) in [5.74, 6) is 0.463. The number of aliphatic hydroxyl groups excluding tert-OH is 1. The van der Waals surface area contributed by atoms with E-state index in [-0.39, 0.29) is 27.4 Å². The van der Waals surface area contributed by atoms with Crippen LogP contribution >= 0.6 is 34.8 Å². The Morgan fingerprint density at radius 1 is 1.07 bits per heavy atom. The first kappa shape index (κ1) is 19.5. The lowest BCUT2D eigenvalue weighted by Crippen LogP contribution is -2.23. The second-order valence-electron chi connectivity index (χ2n) is 5.72. The van der Waals surface area contributed by atoms with Crippen LogP contribution in [0.1, 0.15) is 24.4 Å². The third-order valence-electron chi connectivity index (χ3n) is 3.79. The molecule has 3 aromatic rings. The van der Waals surface area contributed by atoms with Gasteiger partial charge in [0.05, 0.1) is 27.4 Å². The van der Waals surface area contributed by atoms with Gasteiger partial charge in [0.25, 0.3) is 0 Å². The van der Waals surface area contributed by atoms with Crippen LogP contribution in [0.15, 0.2) is 40.8 Å². The zero-order chi connectivity index (χ0) is 19.6. The summed E-state index contributed by atoms with van der Waals surface area (Å²) in [7, 11) is 0. The van der Waals surface area contributed by atoms with E-state index < -0.39 is 12.1 Å². The highest BCUT2D eigenvalue weighted by Crippen LogP contribution is 2.35. The van der Waals surface area contributed by atoms with E-state index in [1.807, 2.05) is 6.07 Å². The van der Waals surface area contributed by atoms with Gasteiger partial charge in [-0.05, 0) is 43.3 Å². The van der Waals surface area contributed by atoms with Gasteiger partial charge in [-0.2, -0.15) is 5.26 Å². The fourth-order valence-electron chi connectivity index (χ4n) is 2.37. The van der Waals surface area contributed by atoms with Crippen molar-refractivity contribution in [2.45, 2.75) is 19.1 Å². The van der Waals surface area contributed by atoms with E-state index >= 15 is 0 Å². The number of hydrogen-bond donors (Lipinski definition) is 2. The Labute approximate surface area is 170 Å². The molecular weight excluding hydrogens is 411 g/mol. The number of nitrogens with one attached hydrogen (secondary N) is 1. The number of anilines is 1. The van der Waals surface area contributed by atoms with Gasteiger partial charge in [-0.15, -0.1) is 10.2 Å². The van der Waals surface area contributed by atoms with E-state index in [1.165, 1.54) is 6.07 Å². The van der Waals surface area contributed by atoms with Gasteiger partial charge >= 0.3 is 0 Å². The van der Waals surface area contributed by atoms with Crippen LogP contribution in [0.5, 0.6) is 0 Å². The van der Waals surface area contributed by atoms with E-state index in [4.69, 9.17) is 44.5 Å². The van der Waals surface area contributed by atoms with Crippen LogP contribution in [0, 0.1) is 11.3 Å². The van der Waals surface area contributed by atoms with Gasteiger partial charge in [0.1, 0.15) is 12.1 Å². The molecule has 1 unspecified atom stereocenters. The lowest BCUT2D eigenvalue weighted by atomic mass is 10.1. The number of aromatic nitrogens is 2. The van der Waals surface area contributed by atoms with Crippen molar-refractivity contribution in [3.8, 4) is 17.5 Å². The zero-order valence-electron chi connectivity index (χ0n) is 13.9. The Hall–Kier alpha value is -2.30. The van der Waals surface area contributed by atoms with Gasteiger partial charge in [0.15, 0.2) is 0 Å². The molecule has 2 atom stereocenters. The van der Waals surface area contributed by atoms with Gasteiger partial charge in [0.2, 0.25) is 11.8 Å². The standard InChI is InChI=1S/C18H13Cl3N4O2/c1-9(26)16(23-13-7-4-11(8-22)14(20)15(13)21)18-25-24-17(27-18)10-2-5-12(19)6-3-10/h2-7,9,16,23,26H,1H3/t9-,16?/m0/s1. The van der Waals surface area contributed by atoms with E-state index in [0.29, 0.717) is 16.3 Å². The molecule has 0 saturated carbocycles. The average molecular weight is 424 g/mol. The summed E-state index contributed by atoms with van der Waals surface area (Å²) in [5.41, 5.74) is 1.38. The first-order chi connectivity index (χ1) is 12.9. The van der Waals surface area contributed by atoms with E-state index in [0.717, 1.165) is 0 Å². The maximum atomic E-state index is 10.2. The highest BCUT2D eigenvalue weighted by molar-refractivity contribution is 6.44. The van der Waals surface area contributed by atoms with Gasteiger partial charge in [-0.25, -0.2) is 0 Å². The predicted molar refractivity (Wildman–Crippen MR) is 104 cm³/mol. The maximum Gasteiger partial charge on any atom is 0.247 e. The minimum absolute atomic E-state index is 0.126. The Morgan fingerprint density at radius 3 is 2.41 bits per heavy atom. The van der Waals surface area contributed by atoms with Gasteiger partial charge < -0.3 is 14.8 Å². The van der Waals surface area contributed by atoms with Crippen molar-refractivity contribution in [1.29, 1.82) is 5.26 Å². The van der Waals surface area contributed by atoms with Crippen LogP contribution in [-0.4, -0.2) is 21.4 Å². The molecule has 0 radical (unpaired) electrons. The summed E-state index contributed by atoms with van der Waals surface area (Å²) in [6, 6.07) is 11.3. The number of benzene rings is 2. The molecule has 0 amide bonds. The Bertz CT molecular complexity index is 997. The second kappa shape index (κ2) is 8.15. The molecule has 9 heteroatoms. The molecule has 6 nitrogen and oxygen atoms in total. The molecule has 0 fully saturated rings. The number of nitrogens with zero attached hydrogens (tertiary/aromatic N) is 3. The summed E-state index contributed by atoms with van der Waals surface area (Å²) in [5, 5.41) is 31.1. The summed E-state index contributed by atoms with van der Waals surface area (Å²) in [4.78, 5) is 0. The molecule has 0 aliphatic rings. The Morgan fingerprint density at radius 2 is 1.78 bits per heavy atom. The van der Waals surface area contributed by atoms with Crippen molar-refractivity contribution in [3.05, 3.63) is 62.9 Å². The Balaban J connectivity index is 1.90. The minimum atomic E-state index is -0.881. The summed E-state index contributed by atoms with van der Waals surface area (Å²) in [6.45, 7) is 1.57. The number of nitriles is 1. The summed E-state index contributed by atoms with van der Waals surface area (Å²) >= 11 is 18.2. The smallest absolute Gasteiger partial charge is 0.247 e. The van der Waals surface area contributed by atoms with Crippen molar-refractivity contribution in [1.82, 2.24) is 10.2 Å². The van der Waals surface area contributed by atoms with Gasteiger partial charge in [-0.1, -0.05) is 34.8 Å². The van der Waals surface area contributed by atoms with Crippen LogP contribution in [-0.2, 0) is 0 Å². The summed E-state index contributed by atoms with van der Waals surface area (Å²) in [6.07, 6.45) is -0.881. The quantitative estimate of drug-likeness (QED) is 0.592. The van der Waals surface area contributed by atoms with E-state index in [1.54, 1.807) is 37.3 Å². The van der Waals surface area contributed by atoms with Crippen LogP contribution in [0.4, 0.5) is 5.69 Å². The minimum Gasteiger partial charge on any atom is -0.418 e. The topological polar surface area (TPSA) is 95.0 Å². The predicted octanol–water partition coefficient (Wildman–Crippen LogP) is 5.10. The van der Waals surface area contributed by atoms with Crippen LogP contribution in [0.2, 0.25) is 15.1 Å². The molecule has 3 rings (SSSR count). The maximum absolute atomic E-state index is 10.2. The van der Waals surface area contributed by atoms with Crippen molar-refractivity contribution in [2.24, 2.45) is 0 Å². The lowest BCUT2D eigenvalue weighted by molar-refractivity contribution is 0.160. The lowest BCUT2D eigenvalue weighted by Gasteiger charge is -2.20. The van der Waals surface area contributed by atoms with Crippen LogP contribution < -0.4 is 5.32 Å². The van der Waals surface area contributed by atoms with Crippen LogP contribution in [0.3, 0.4) is 0 Å². The van der Waals surface area contributed by atoms with Crippen molar-refractivity contribution in [3.63, 3.8) is 0 Å². The first-order valence-electron chi connectivity index (χ1n) is 7.82. The highest BCUT2D eigenvalue weighted by Gasteiger charge is 2.25. The molecular formula is C18H13Cl3N4O2. The molecule has 1 aromatic heterocycles. The molecule has 1 heterocycles. The van der Waals surface area contributed by atoms with Gasteiger partial charge in [0, 0.05) is 10.6 Å². The Kier molecular flexibility index (Phi) is 5.88. The van der Waals surface area contributed by atoms with Crippen molar-refractivity contribution < 1.29 is 9.52 Å². The summed E-state index contributed by atoms with van der Waals surface area (Å²) < 4.78 is 5.70. The number of rotatable bonds is 5. The molecule has 138 valence electrons. The molecule has 2 N–H and O–H groups in total. The third kappa shape index (κ3) is 4.18. The highest BCUT2D eigenvalue weighted by atomic mass is 35.5. The molecule has 27 heavy (non-hydrogen) atoms. The monoisotopic (exact) mass is 422 g/mol. The molecule has 2 aromatic carbocycles. The second-order valence-corrected chi connectivity index (χ2v) is 6.91.